The van der Waals surface area contributed by atoms with Gasteiger partial charge in [-0.25, -0.2) is 23.4 Å². The fourth-order valence-electron chi connectivity index (χ4n) is 4.01. The summed E-state index contributed by atoms with van der Waals surface area (Å²) in [4.78, 5) is 13.3. The zero-order chi connectivity index (χ0) is 24.1. The number of nitrogens with zero attached hydrogens (tertiary/aromatic N) is 3. The quantitative estimate of drug-likeness (QED) is 0.424. The molecule has 34 heavy (non-hydrogen) atoms. The Morgan fingerprint density at radius 2 is 1.74 bits per heavy atom. The lowest BCUT2D eigenvalue weighted by molar-refractivity contribution is 0.126. The minimum Gasteiger partial charge on any atom is -0.393 e. The molecule has 4 rings (SSSR count). The highest BCUT2D eigenvalue weighted by Crippen LogP contribution is 2.24. The number of nitrogens with one attached hydrogen (secondary N) is 2. The number of aliphatic hydroxyl groups excluding tert-OH is 1. The molecule has 1 aliphatic rings. The van der Waals surface area contributed by atoms with Gasteiger partial charge in [-0.2, -0.15) is 0 Å². The second-order valence-electron chi connectivity index (χ2n) is 8.54. The van der Waals surface area contributed by atoms with Crippen molar-refractivity contribution in [3.8, 4) is 0 Å². The van der Waals surface area contributed by atoms with Gasteiger partial charge in [0.05, 0.1) is 11.1 Å². The predicted molar refractivity (Wildman–Crippen MR) is 133 cm³/mol. The van der Waals surface area contributed by atoms with Crippen LogP contribution in [-0.2, 0) is 22.9 Å². The Morgan fingerprint density at radius 1 is 1.03 bits per heavy atom. The molecule has 0 unspecified atom stereocenters. The molecule has 2 heterocycles. The van der Waals surface area contributed by atoms with Crippen LogP contribution in [0, 0.1) is 6.92 Å². The zero-order valence-corrected chi connectivity index (χ0v) is 20.5. The molecule has 0 bridgehead atoms. The van der Waals surface area contributed by atoms with Crippen molar-refractivity contribution in [1.29, 1.82) is 0 Å². The second-order valence-corrected chi connectivity index (χ2v) is 10.6. The van der Waals surface area contributed by atoms with Crippen molar-refractivity contribution in [2.75, 3.05) is 10.0 Å². The summed E-state index contributed by atoms with van der Waals surface area (Å²) in [6, 6.07) is 10.1. The fraction of sp³-hybridized carbons (Fsp3) is 0.375. The fourth-order valence-corrected chi connectivity index (χ4v) is 5.53. The number of aromatic nitrogens is 3. The van der Waals surface area contributed by atoms with Gasteiger partial charge in [0, 0.05) is 24.1 Å². The molecular weight excluding hydrogens is 474 g/mol. The monoisotopic (exact) mass is 501 g/mol. The normalized spacial score (nSPS) is 18.4. The van der Waals surface area contributed by atoms with Crippen molar-refractivity contribution in [2.45, 2.75) is 62.5 Å². The molecule has 0 saturated heterocycles. The Morgan fingerprint density at radius 3 is 2.41 bits per heavy atom. The van der Waals surface area contributed by atoms with E-state index in [9.17, 15) is 13.5 Å². The van der Waals surface area contributed by atoms with Crippen LogP contribution in [0.4, 0.5) is 11.8 Å². The number of benzene rings is 1. The van der Waals surface area contributed by atoms with Gasteiger partial charge in [-0.1, -0.05) is 29.8 Å². The molecule has 0 atom stereocenters. The number of anilines is 2. The largest absolute Gasteiger partial charge is 0.393 e. The first-order valence-electron chi connectivity index (χ1n) is 11.3. The van der Waals surface area contributed by atoms with E-state index in [0.717, 1.165) is 55.3 Å². The van der Waals surface area contributed by atoms with Gasteiger partial charge < -0.3 is 10.4 Å². The molecular formula is C24H28ClN5O3S. The van der Waals surface area contributed by atoms with Crippen LogP contribution < -0.4 is 10.0 Å². The SMILES string of the molecule is Cc1nc(NS(=O)(=O)c2ccccc2Cl)ccc1CCc1cnc(NC2CCC(O)CC2)nc1. The number of rotatable bonds is 8. The van der Waals surface area contributed by atoms with E-state index in [1.54, 1.807) is 18.2 Å². The van der Waals surface area contributed by atoms with E-state index in [1.165, 1.54) is 12.1 Å². The predicted octanol–water partition coefficient (Wildman–Crippen LogP) is 4.13. The highest BCUT2D eigenvalue weighted by Gasteiger charge is 2.20. The van der Waals surface area contributed by atoms with Crippen LogP contribution >= 0.6 is 11.6 Å². The molecule has 8 nitrogen and oxygen atoms in total. The molecule has 0 amide bonds. The van der Waals surface area contributed by atoms with Gasteiger partial charge in [0.25, 0.3) is 10.0 Å². The molecule has 2 aromatic heterocycles. The Kier molecular flexibility index (Phi) is 7.65. The summed E-state index contributed by atoms with van der Waals surface area (Å²) in [5.41, 5.74) is 2.77. The van der Waals surface area contributed by atoms with Gasteiger partial charge in [-0.15, -0.1) is 0 Å². The summed E-state index contributed by atoms with van der Waals surface area (Å²) in [6.07, 6.45) is 8.38. The molecule has 180 valence electrons. The third-order valence-corrected chi connectivity index (χ3v) is 7.83. The zero-order valence-electron chi connectivity index (χ0n) is 18.9. The third kappa shape index (κ3) is 6.22. The van der Waals surface area contributed by atoms with E-state index in [1.807, 2.05) is 25.4 Å². The highest BCUT2D eigenvalue weighted by molar-refractivity contribution is 7.92. The standard InChI is InChI=1S/C24H28ClN5O3S/c1-16-18(8-13-23(28-16)30-34(32,33)22-5-3-2-4-21(22)25)7-6-17-14-26-24(27-15-17)29-19-9-11-20(31)12-10-19/h2-5,8,13-15,19-20,31H,6-7,9-12H2,1H3,(H,28,30)(H,26,27,29). The van der Waals surface area contributed by atoms with Crippen LogP contribution in [0.25, 0.3) is 0 Å². The maximum atomic E-state index is 12.6. The summed E-state index contributed by atoms with van der Waals surface area (Å²) in [5, 5.41) is 13.1. The lowest BCUT2D eigenvalue weighted by atomic mass is 9.93. The maximum Gasteiger partial charge on any atom is 0.264 e. The number of aryl methyl sites for hydroxylation is 3. The molecule has 1 fully saturated rings. The first kappa shape index (κ1) is 24.4. The van der Waals surface area contributed by atoms with E-state index in [-0.39, 0.29) is 21.8 Å². The van der Waals surface area contributed by atoms with Crippen LogP contribution in [0.5, 0.6) is 0 Å². The summed E-state index contributed by atoms with van der Waals surface area (Å²) in [6.45, 7) is 1.85. The van der Waals surface area contributed by atoms with Gasteiger partial charge in [-0.05, 0) is 74.8 Å². The van der Waals surface area contributed by atoms with Crippen LogP contribution in [0.2, 0.25) is 5.02 Å². The number of hydrogen-bond acceptors (Lipinski definition) is 7. The molecule has 0 aliphatic heterocycles. The minimum absolute atomic E-state index is 0.0132. The number of halogens is 1. The van der Waals surface area contributed by atoms with Crippen molar-refractivity contribution in [3.05, 3.63) is 70.6 Å². The van der Waals surface area contributed by atoms with Crippen molar-refractivity contribution in [1.82, 2.24) is 15.0 Å². The smallest absolute Gasteiger partial charge is 0.264 e. The van der Waals surface area contributed by atoms with Crippen LogP contribution in [0.1, 0.15) is 42.5 Å². The summed E-state index contributed by atoms with van der Waals surface area (Å²) < 4.78 is 27.8. The summed E-state index contributed by atoms with van der Waals surface area (Å²) in [7, 11) is -3.83. The van der Waals surface area contributed by atoms with Crippen LogP contribution in [-0.4, -0.2) is 40.6 Å². The van der Waals surface area contributed by atoms with E-state index in [0.29, 0.717) is 12.0 Å². The average Bonchev–Trinajstić information content (AvgIpc) is 2.81. The van der Waals surface area contributed by atoms with Gasteiger partial charge >= 0.3 is 0 Å². The molecule has 3 N–H and O–H groups in total. The molecule has 3 aromatic rings. The number of sulfonamides is 1. The number of hydrogen-bond donors (Lipinski definition) is 3. The Balaban J connectivity index is 1.33. The number of aliphatic hydroxyl groups is 1. The molecule has 0 radical (unpaired) electrons. The van der Waals surface area contributed by atoms with E-state index >= 15 is 0 Å². The minimum atomic E-state index is -3.83. The van der Waals surface area contributed by atoms with E-state index in [4.69, 9.17) is 11.6 Å². The Bertz CT molecular complexity index is 1230. The van der Waals surface area contributed by atoms with Gasteiger partial charge in [0.1, 0.15) is 10.7 Å². The topological polar surface area (TPSA) is 117 Å². The summed E-state index contributed by atoms with van der Waals surface area (Å²) >= 11 is 6.03. The van der Waals surface area contributed by atoms with E-state index in [2.05, 4.69) is 25.0 Å². The lowest BCUT2D eigenvalue weighted by Crippen LogP contribution is -2.28. The Hall–Kier alpha value is -2.75. The highest BCUT2D eigenvalue weighted by atomic mass is 35.5. The Labute approximate surface area is 204 Å². The van der Waals surface area contributed by atoms with Crippen LogP contribution in [0.3, 0.4) is 0 Å². The van der Waals surface area contributed by atoms with Crippen molar-refractivity contribution in [2.24, 2.45) is 0 Å². The summed E-state index contributed by atoms with van der Waals surface area (Å²) in [5.74, 6) is 0.855. The van der Waals surface area contributed by atoms with Crippen molar-refractivity contribution >= 4 is 33.4 Å². The van der Waals surface area contributed by atoms with E-state index < -0.39 is 10.0 Å². The molecule has 1 saturated carbocycles. The first-order chi connectivity index (χ1) is 16.3. The van der Waals surface area contributed by atoms with Gasteiger partial charge in [0.2, 0.25) is 5.95 Å². The molecule has 1 aliphatic carbocycles. The van der Waals surface area contributed by atoms with Crippen molar-refractivity contribution < 1.29 is 13.5 Å². The molecule has 10 heteroatoms. The third-order valence-electron chi connectivity index (χ3n) is 5.98. The van der Waals surface area contributed by atoms with Crippen LogP contribution in [0.15, 0.2) is 53.7 Å². The lowest BCUT2D eigenvalue weighted by Gasteiger charge is -2.26. The van der Waals surface area contributed by atoms with Gasteiger partial charge in [-0.3, -0.25) is 4.72 Å². The maximum absolute atomic E-state index is 12.6. The second kappa shape index (κ2) is 10.7. The van der Waals surface area contributed by atoms with Crippen molar-refractivity contribution in [3.63, 3.8) is 0 Å². The first-order valence-corrected chi connectivity index (χ1v) is 13.2. The van der Waals surface area contributed by atoms with Gasteiger partial charge in [0.15, 0.2) is 0 Å². The number of pyridine rings is 1. The average molecular weight is 502 g/mol. The molecule has 0 spiro atoms. The molecule has 1 aromatic carbocycles.